The standard InChI is InChI=1S/C19H34N4OS.HI/c1-5-16(6-2)13-21-19(20-4)22-14-17(18-8-7-15(3)25-18)23-9-11-24-12-10-23;/h7-8,16-17H,5-6,9-14H2,1-4H3,(H2,20,21,22);1H. The summed E-state index contributed by atoms with van der Waals surface area (Å²) in [6.07, 6.45) is 2.40. The van der Waals surface area contributed by atoms with Crippen LogP contribution in [0.4, 0.5) is 0 Å². The van der Waals surface area contributed by atoms with E-state index in [0.29, 0.717) is 12.0 Å². The minimum Gasteiger partial charge on any atom is -0.379 e. The Morgan fingerprint density at radius 2 is 1.85 bits per heavy atom. The molecule has 1 atom stereocenters. The zero-order valence-electron chi connectivity index (χ0n) is 16.6. The zero-order chi connectivity index (χ0) is 18.1. The molecule has 1 fully saturated rings. The summed E-state index contributed by atoms with van der Waals surface area (Å²) in [6, 6.07) is 4.85. The third kappa shape index (κ3) is 7.32. The monoisotopic (exact) mass is 494 g/mol. The van der Waals surface area contributed by atoms with Gasteiger partial charge in [-0.2, -0.15) is 0 Å². The first-order chi connectivity index (χ1) is 12.2. The van der Waals surface area contributed by atoms with Crippen LogP contribution < -0.4 is 10.6 Å². The molecule has 5 nitrogen and oxygen atoms in total. The second-order valence-electron chi connectivity index (χ2n) is 6.63. The van der Waals surface area contributed by atoms with Gasteiger partial charge in [-0.15, -0.1) is 35.3 Å². The molecule has 1 aromatic rings. The average molecular weight is 494 g/mol. The smallest absolute Gasteiger partial charge is 0.191 e. The summed E-state index contributed by atoms with van der Waals surface area (Å²) in [6.45, 7) is 12.1. The van der Waals surface area contributed by atoms with E-state index in [1.165, 1.54) is 22.6 Å². The molecule has 0 saturated carbocycles. The molecule has 0 aliphatic carbocycles. The zero-order valence-corrected chi connectivity index (χ0v) is 19.7. The highest BCUT2D eigenvalue weighted by atomic mass is 127. The number of aliphatic imine (C=N–C) groups is 1. The van der Waals surface area contributed by atoms with E-state index in [4.69, 9.17) is 4.74 Å². The van der Waals surface area contributed by atoms with E-state index in [2.05, 4.69) is 53.4 Å². The first-order valence-electron chi connectivity index (χ1n) is 9.50. The molecule has 1 aliphatic heterocycles. The summed E-state index contributed by atoms with van der Waals surface area (Å²) >= 11 is 1.89. The number of hydrogen-bond acceptors (Lipinski definition) is 4. The van der Waals surface area contributed by atoms with Crippen molar-refractivity contribution in [2.24, 2.45) is 10.9 Å². The Morgan fingerprint density at radius 1 is 1.19 bits per heavy atom. The Kier molecular flexibility index (Phi) is 11.7. The quantitative estimate of drug-likeness (QED) is 0.329. The Morgan fingerprint density at radius 3 is 2.38 bits per heavy atom. The maximum absolute atomic E-state index is 5.53. The molecule has 2 rings (SSSR count). The predicted molar refractivity (Wildman–Crippen MR) is 123 cm³/mol. The number of ether oxygens (including phenoxy) is 1. The number of morpholine rings is 1. The minimum absolute atomic E-state index is 0. The molecule has 150 valence electrons. The molecule has 0 bridgehead atoms. The van der Waals surface area contributed by atoms with Gasteiger partial charge in [0.25, 0.3) is 0 Å². The van der Waals surface area contributed by atoms with Gasteiger partial charge in [-0.05, 0) is 25.0 Å². The number of aryl methyl sites for hydroxylation is 1. The van der Waals surface area contributed by atoms with Crippen molar-refractivity contribution in [2.45, 2.75) is 39.7 Å². The van der Waals surface area contributed by atoms with Crippen molar-refractivity contribution >= 4 is 41.3 Å². The van der Waals surface area contributed by atoms with E-state index >= 15 is 0 Å². The van der Waals surface area contributed by atoms with Crippen LogP contribution in [-0.2, 0) is 4.74 Å². The summed E-state index contributed by atoms with van der Waals surface area (Å²) in [5, 5.41) is 7.03. The van der Waals surface area contributed by atoms with Crippen molar-refractivity contribution in [3.05, 3.63) is 21.9 Å². The molecule has 2 heterocycles. The molecule has 1 aliphatic rings. The van der Waals surface area contributed by atoms with Gasteiger partial charge in [0.1, 0.15) is 0 Å². The van der Waals surface area contributed by atoms with Crippen molar-refractivity contribution in [1.82, 2.24) is 15.5 Å². The van der Waals surface area contributed by atoms with Gasteiger partial charge in [-0.3, -0.25) is 9.89 Å². The number of nitrogens with one attached hydrogen (secondary N) is 2. The van der Waals surface area contributed by atoms with E-state index in [1.807, 2.05) is 18.4 Å². The van der Waals surface area contributed by atoms with E-state index in [0.717, 1.165) is 45.4 Å². The first-order valence-corrected chi connectivity index (χ1v) is 10.3. The van der Waals surface area contributed by atoms with Gasteiger partial charge in [0, 0.05) is 43.0 Å². The van der Waals surface area contributed by atoms with Gasteiger partial charge in [0.05, 0.1) is 19.3 Å². The molecule has 26 heavy (non-hydrogen) atoms. The van der Waals surface area contributed by atoms with Crippen LogP contribution in [-0.4, -0.2) is 57.3 Å². The van der Waals surface area contributed by atoms with Gasteiger partial charge in [0.2, 0.25) is 0 Å². The van der Waals surface area contributed by atoms with Gasteiger partial charge in [0.15, 0.2) is 5.96 Å². The molecule has 0 aromatic carbocycles. The largest absolute Gasteiger partial charge is 0.379 e. The van der Waals surface area contributed by atoms with Crippen LogP contribution in [0.25, 0.3) is 0 Å². The van der Waals surface area contributed by atoms with Crippen LogP contribution in [0.2, 0.25) is 0 Å². The van der Waals surface area contributed by atoms with Crippen molar-refractivity contribution in [3.63, 3.8) is 0 Å². The lowest BCUT2D eigenvalue weighted by Gasteiger charge is -2.34. The highest BCUT2D eigenvalue weighted by Crippen LogP contribution is 2.27. The summed E-state index contributed by atoms with van der Waals surface area (Å²) in [4.78, 5) is 9.71. The van der Waals surface area contributed by atoms with Gasteiger partial charge in [-0.25, -0.2) is 0 Å². The highest BCUT2D eigenvalue weighted by molar-refractivity contribution is 14.0. The van der Waals surface area contributed by atoms with Gasteiger partial charge >= 0.3 is 0 Å². The van der Waals surface area contributed by atoms with Crippen LogP contribution in [0.15, 0.2) is 17.1 Å². The SMILES string of the molecule is CCC(CC)CNC(=NC)NCC(c1ccc(C)s1)N1CCOCC1.I. The number of halogens is 1. The summed E-state index contributed by atoms with van der Waals surface area (Å²) < 4.78 is 5.53. The van der Waals surface area contributed by atoms with Gasteiger partial charge in [-0.1, -0.05) is 26.7 Å². The molecule has 0 radical (unpaired) electrons. The molecule has 7 heteroatoms. The number of nitrogens with zero attached hydrogens (tertiary/aromatic N) is 2. The molecule has 1 unspecified atom stereocenters. The van der Waals surface area contributed by atoms with Gasteiger partial charge < -0.3 is 15.4 Å². The molecular weight excluding hydrogens is 459 g/mol. The van der Waals surface area contributed by atoms with Crippen LogP contribution in [0.5, 0.6) is 0 Å². The number of guanidine groups is 1. The molecule has 0 amide bonds. The molecule has 1 saturated heterocycles. The van der Waals surface area contributed by atoms with Crippen LogP contribution in [0, 0.1) is 12.8 Å². The third-order valence-corrected chi connectivity index (χ3v) is 6.08. The van der Waals surface area contributed by atoms with E-state index in [1.54, 1.807) is 0 Å². The van der Waals surface area contributed by atoms with Crippen molar-refractivity contribution < 1.29 is 4.74 Å². The van der Waals surface area contributed by atoms with Crippen LogP contribution >= 0.6 is 35.3 Å². The van der Waals surface area contributed by atoms with E-state index in [-0.39, 0.29) is 24.0 Å². The molecule has 2 N–H and O–H groups in total. The highest BCUT2D eigenvalue weighted by Gasteiger charge is 2.24. The topological polar surface area (TPSA) is 48.9 Å². The van der Waals surface area contributed by atoms with Crippen molar-refractivity contribution in [2.75, 3.05) is 46.4 Å². The second-order valence-corrected chi connectivity index (χ2v) is 7.95. The fourth-order valence-electron chi connectivity index (χ4n) is 3.16. The average Bonchev–Trinajstić information content (AvgIpc) is 3.08. The molecule has 1 aromatic heterocycles. The lowest BCUT2D eigenvalue weighted by Crippen LogP contribution is -2.46. The predicted octanol–water partition coefficient (Wildman–Crippen LogP) is 3.65. The maximum Gasteiger partial charge on any atom is 0.191 e. The van der Waals surface area contributed by atoms with E-state index < -0.39 is 0 Å². The lowest BCUT2D eigenvalue weighted by molar-refractivity contribution is 0.0177. The van der Waals surface area contributed by atoms with Crippen molar-refractivity contribution in [1.29, 1.82) is 0 Å². The normalized spacial score (nSPS) is 17.0. The third-order valence-electron chi connectivity index (χ3n) is 4.98. The molecule has 0 spiro atoms. The Balaban J connectivity index is 0.00000338. The summed E-state index contributed by atoms with van der Waals surface area (Å²) in [7, 11) is 1.85. The maximum atomic E-state index is 5.53. The number of thiophene rings is 1. The Hall–Kier alpha value is -0.380. The number of hydrogen-bond donors (Lipinski definition) is 2. The summed E-state index contributed by atoms with van der Waals surface area (Å²) in [5.41, 5.74) is 0. The van der Waals surface area contributed by atoms with Crippen LogP contribution in [0.3, 0.4) is 0 Å². The fourth-order valence-corrected chi connectivity index (χ4v) is 4.18. The Labute approximate surface area is 180 Å². The second kappa shape index (κ2) is 12.9. The van der Waals surface area contributed by atoms with E-state index in [9.17, 15) is 0 Å². The fraction of sp³-hybridized carbons (Fsp3) is 0.737. The lowest BCUT2D eigenvalue weighted by atomic mass is 10.0. The summed E-state index contributed by atoms with van der Waals surface area (Å²) in [5.74, 6) is 1.60. The number of rotatable bonds is 8. The van der Waals surface area contributed by atoms with Crippen LogP contribution in [0.1, 0.15) is 42.5 Å². The minimum atomic E-state index is 0. The Bertz CT molecular complexity index is 527. The van der Waals surface area contributed by atoms with Crippen molar-refractivity contribution in [3.8, 4) is 0 Å². The molecular formula is C19H35IN4OS. The first kappa shape index (κ1) is 23.7.